The summed E-state index contributed by atoms with van der Waals surface area (Å²) in [5.74, 6) is 0.392. The minimum absolute atomic E-state index is 0.00600. The zero-order chi connectivity index (χ0) is 15.2. The molecule has 0 spiro atoms. The molecule has 0 unspecified atom stereocenters. The summed E-state index contributed by atoms with van der Waals surface area (Å²) >= 11 is 1.65. The molecule has 0 aliphatic heterocycles. The quantitative estimate of drug-likeness (QED) is 0.793. The molecular weight excluding hydrogens is 289 g/mol. The number of hydrogen-bond acceptors (Lipinski definition) is 3. The number of carbonyl (C=O) groups is 1. The summed E-state index contributed by atoms with van der Waals surface area (Å²) in [6, 6.07) is 3.09. The van der Waals surface area contributed by atoms with Crippen molar-refractivity contribution in [2.24, 2.45) is 0 Å². The monoisotopic (exact) mass is 306 g/mol. The number of rotatable bonds is 6. The molecule has 7 heteroatoms. The minimum atomic E-state index is -4.46. The summed E-state index contributed by atoms with van der Waals surface area (Å²) in [6.07, 6.45) is -1.73. The summed E-state index contributed by atoms with van der Waals surface area (Å²) in [7, 11) is 1.56. The molecule has 1 rings (SSSR count). The predicted octanol–water partition coefficient (Wildman–Crippen LogP) is 3.23. The number of benzene rings is 1. The Balaban J connectivity index is 2.88. The lowest BCUT2D eigenvalue weighted by atomic mass is 10.1. The molecule has 0 bridgehead atoms. The second-order valence-corrected chi connectivity index (χ2v) is 5.10. The maximum absolute atomic E-state index is 12.7. The largest absolute Gasteiger partial charge is 0.416 e. The van der Waals surface area contributed by atoms with E-state index in [2.05, 4.69) is 10.6 Å². The SMILES string of the molecule is CNc1ccc(C(F)(F)F)cc1C(=O)NCCCSC. The summed E-state index contributed by atoms with van der Waals surface area (Å²) in [5.41, 5.74) is -0.447. The smallest absolute Gasteiger partial charge is 0.387 e. The molecule has 3 nitrogen and oxygen atoms in total. The molecule has 0 saturated carbocycles. The molecule has 1 aromatic rings. The van der Waals surface area contributed by atoms with Crippen molar-refractivity contribution >= 4 is 23.4 Å². The maximum Gasteiger partial charge on any atom is 0.416 e. The molecule has 0 heterocycles. The van der Waals surface area contributed by atoms with Crippen molar-refractivity contribution in [3.05, 3.63) is 29.3 Å². The van der Waals surface area contributed by atoms with Gasteiger partial charge in [-0.3, -0.25) is 4.79 Å². The maximum atomic E-state index is 12.7. The molecule has 0 aliphatic carbocycles. The fourth-order valence-electron chi connectivity index (χ4n) is 1.64. The van der Waals surface area contributed by atoms with Gasteiger partial charge in [0.05, 0.1) is 11.1 Å². The van der Waals surface area contributed by atoms with Gasteiger partial charge in [0, 0.05) is 19.3 Å². The Morgan fingerprint density at radius 1 is 1.35 bits per heavy atom. The molecule has 0 aliphatic rings. The van der Waals surface area contributed by atoms with Crippen LogP contribution in [0.25, 0.3) is 0 Å². The first kappa shape index (κ1) is 16.7. The van der Waals surface area contributed by atoms with Gasteiger partial charge in [-0.15, -0.1) is 0 Å². The predicted molar refractivity (Wildman–Crippen MR) is 76.3 cm³/mol. The van der Waals surface area contributed by atoms with Gasteiger partial charge >= 0.3 is 6.18 Å². The zero-order valence-electron chi connectivity index (χ0n) is 11.3. The third kappa shape index (κ3) is 4.63. The minimum Gasteiger partial charge on any atom is -0.387 e. The number of nitrogens with one attached hydrogen (secondary N) is 2. The Bertz CT molecular complexity index is 463. The van der Waals surface area contributed by atoms with Crippen molar-refractivity contribution in [1.29, 1.82) is 0 Å². The van der Waals surface area contributed by atoms with Gasteiger partial charge in [-0.05, 0) is 36.6 Å². The van der Waals surface area contributed by atoms with Crippen molar-refractivity contribution in [3.8, 4) is 0 Å². The third-order valence-corrected chi connectivity index (χ3v) is 3.37. The fourth-order valence-corrected chi connectivity index (χ4v) is 2.07. The molecule has 0 aromatic heterocycles. The fraction of sp³-hybridized carbons (Fsp3) is 0.462. The second-order valence-electron chi connectivity index (χ2n) is 4.11. The summed E-state index contributed by atoms with van der Waals surface area (Å²) < 4.78 is 38.0. The lowest BCUT2D eigenvalue weighted by Gasteiger charge is -2.13. The highest BCUT2D eigenvalue weighted by molar-refractivity contribution is 7.98. The molecule has 1 aromatic carbocycles. The van der Waals surface area contributed by atoms with Gasteiger partial charge < -0.3 is 10.6 Å². The van der Waals surface area contributed by atoms with Gasteiger partial charge in [0.2, 0.25) is 0 Å². The number of alkyl halides is 3. The summed E-state index contributed by atoms with van der Waals surface area (Å²) in [4.78, 5) is 11.9. The Hall–Kier alpha value is -1.37. The van der Waals surface area contributed by atoms with Gasteiger partial charge in [0.1, 0.15) is 0 Å². The van der Waals surface area contributed by atoms with Crippen molar-refractivity contribution < 1.29 is 18.0 Å². The first-order chi connectivity index (χ1) is 9.40. The second kappa shape index (κ2) is 7.42. The first-order valence-electron chi connectivity index (χ1n) is 6.06. The van der Waals surface area contributed by atoms with Crippen LogP contribution >= 0.6 is 11.8 Å². The molecule has 0 atom stereocenters. The van der Waals surface area contributed by atoms with Crippen LogP contribution in [0.3, 0.4) is 0 Å². The Morgan fingerprint density at radius 2 is 2.05 bits per heavy atom. The van der Waals surface area contributed by atoms with E-state index >= 15 is 0 Å². The zero-order valence-corrected chi connectivity index (χ0v) is 12.1. The van der Waals surface area contributed by atoms with Gasteiger partial charge in [0.15, 0.2) is 0 Å². The third-order valence-electron chi connectivity index (χ3n) is 2.67. The lowest BCUT2D eigenvalue weighted by Crippen LogP contribution is -2.26. The van der Waals surface area contributed by atoms with Gasteiger partial charge in [-0.2, -0.15) is 24.9 Å². The van der Waals surface area contributed by atoms with Crippen LogP contribution in [-0.2, 0) is 6.18 Å². The molecule has 0 radical (unpaired) electrons. The Kier molecular flexibility index (Phi) is 6.19. The number of carbonyl (C=O) groups excluding carboxylic acids is 1. The van der Waals surface area contributed by atoms with E-state index in [0.717, 1.165) is 24.3 Å². The summed E-state index contributed by atoms with van der Waals surface area (Å²) in [6.45, 7) is 0.444. The molecule has 2 N–H and O–H groups in total. The number of halogens is 3. The van der Waals surface area contributed by atoms with E-state index in [-0.39, 0.29) is 5.56 Å². The van der Waals surface area contributed by atoms with Gasteiger partial charge in [0.25, 0.3) is 5.91 Å². The highest BCUT2D eigenvalue weighted by atomic mass is 32.2. The van der Waals surface area contributed by atoms with Crippen molar-refractivity contribution in [3.63, 3.8) is 0 Å². The first-order valence-corrected chi connectivity index (χ1v) is 7.45. The van der Waals surface area contributed by atoms with Crippen molar-refractivity contribution in [1.82, 2.24) is 5.32 Å². The number of anilines is 1. The van der Waals surface area contributed by atoms with E-state index in [1.165, 1.54) is 6.07 Å². The van der Waals surface area contributed by atoms with Crippen LogP contribution in [0.1, 0.15) is 22.3 Å². The van der Waals surface area contributed by atoms with Crippen molar-refractivity contribution in [2.45, 2.75) is 12.6 Å². The summed E-state index contributed by atoms with van der Waals surface area (Å²) in [5, 5.41) is 5.35. The van der Waals surface area contributed by atoms with Crippen LogP contribution in [0.4, 0.5) is 18.9 Å². The highest BCUT2D eigenvalue weighted by Crippen LogP contribution is 2.31. The van der Waals surface area contributed by atoms with E-state index in [1.54, 1.807) is 18.8 Å². The van der Waals surface area contributed by atoms with E-state index in [9.17, 15) is 18.0 Å². The van der Waals surface area contributed by atoms with E-state index in [1.807, 2.05) is 6.26 Å². The number of hydrogen-bond donors (Lipinski definition) is 2. The highest BCUT2D eigenvalue weighted by Gasteiger charge is 2.31. The molecular formula is C13H17F3N2OS. The number of amides is 1. The standard InChI is InChI=1S/C13H17F3N2OS/c1-17-11-5-4-9(13(14,15)16)8-10(11)12(19)18-6-3-7-20-2/h4-5,8,17H,3,6-7H2,1-2H3,(H,18,19). The van der Waals surface area contributed by atoms with Crippen LogP contribution < -0.4 is 10.6 Å². The van der Waals surface area contributed by atoms with Crippen LogP contribution in [-0.4, -0.2) is 31.5 Å². The van der Waals surface area contributed by atoms with Crippen LogP contribution in [0, 0.1) is 0 Å². The Labute approximate surface area is 120 Å². The van der Waals surface area contributed by atoms with E-state index in [0.29, 0.717) is 12.2 Å². The average Bonchev–Trinajstić information content (AvgIpc) is 2.41. The Morgan fingerprint density at radius 3 is 2.60 bits per heavy atom. The van der Waals surface area contributed by atoms with Crippen LogP contribution in [0.5, 0.6) is 0 Å². The number of thioether (sulfide) groups is 1. The average molecular weight is 306 g/mol. The van der Waals surface area contributed by atoms with Gasteiger partial charge in [-0.25, -0.2) is 0 Å². The molecule has 0 saturated heterocycles. The molecule has 1 amide bonds. The van der Waals surface area contributed by atoms with Crippen LogP contribution in [0.2, 0.25) is 0 Å². The van der Waals surface area contributed by atoms with Crippen LogP contribution in [0.15, 0.2) is 18.2 Å². The normalized spacial score (nSPS) is 11.2. The van der Waals surface area contributed by atoms with Crippen molar-refractivity contribution in [2.75, 3.05) is 30.9 Å². The molecule has 20 heavy (non-hydrogen) atoms. The topological polar surface area (TPSA) is 41.1 Å². The molecule has 0 fully saturated rings. The molecule has 112 valence electrons. The van der Waals surface area contributed by atoms with Gasteiger partial charge in [-0.1, -0.05) is 0 Å². The van der Waals surface area contributed by atoms with E-state index < -0.39 is 17.6 Å². The van der Waals surface area contributed by atoms with E-state index in [4.69, 9.17) is 0 Å². The lowest BCUT2D eigenvalue weighted by molar-refractivity contribution is -0.137.